The molecule has 0 spiro atoms. The Morgan fingerprint density at radius 2 is 0.659 bits per heavy atom. The van der Waals surface area contributed by atoms with Crippen molar-refractivity contribution in [1.82, 2.24) is 29.1 Å². The maximum atomic E-state index is 6.76. The summed E-state index contributed by atoms with van der Waals surface area (Å²) in [5, 5.41) is 6.59. The second-order valence-electron chi connectivity index (χ2n) is 22.2. The lowest BCUT2D eigenvalue weighted by atomic mass is 9.94. The smallest absolute Gasteiger partial charge is 0.135 e. The van der Waals surface area contributed by atoms with Crippen LogP contribution in [0.15, 0.2) is 314 Å². The van der Waals surface area contributed by atoms with E-state index in [9.17, 15) is 0 Å². The van der Waals surface area contributed by atoms with Crippen molar-refractivity contribution in [3.05, 3.63) is 321 Å². The van der Waals surface area contributed by atoms with Gasteiger partial charge >= 0.3 is 0 Å². The van der Waals surface area contributed by atoms with Crippen molar-refractivity contribution >= 4 is 76.7 Å². The first kappa shape index (κ1) is 50.5. The zero-order valence-electron chi connectivity index (χ0n) is 47.5. The molecule has 0 fully saturated rings. The number of furan rings is 1. The highest BCUT2D eigenvalue weighted by molar-refractivity contribution is 6.15. The topological polar surface area (TPSA) is 74.6 Å². The van der Waals surface area contributed by atoms with Gasteiger partial charge in [0.2, 0.25) is 0 Å². The van der Waals surface area contributed by atoms with Crippen molar-refractivity contribution in [2.75, 3.05) is 0 Å². The Balaban J connectivity index is 0.852. The first-order valence-electron chi connectivity index (χ1n) is 29.6. The lowest BCUT2D eigenvalue weighted by Gasteiger charge is -2.12. The fraction of sp³-hybridized carbons (Fsp3) is 0. The Hall–Kier alpha value is -12.0. The third-order valence-electron chi connectivity index (χ3n) is 17.2. The normalized spacial score (nSPS) is 12.4. The SMILES string of the molecule is C1=CC=CC(c2ccccn2)=C(c2ccc3c(c2)c2cc(-c4ccccc4-c4ccccn4)ccc2n3-c2ccc3oc4ccc(-n5c6ccc(-c7ccccc7-c7ccccn7)cc6c6cc(-c7ccccc7-c7ccccn7)ccc65)cc4c3c2)C=1. The van der Waals surface area contributed by atoms with E-state index in [0.717, 1.165) is 166 Å². The molecule has 0 aliphatic heterocycles. The van der Waals surface area contributed by atoms with Crippen LogP contribution in [0.25, 0.3) is 155 Å². The standard InChI is InChI=1S/C81H50N6O/c1-2-18-58(62(22-3-1)72-26-10-14-42-82-72)52-30-36-76-66(46-52)67-47-53(59-19-4-7-23-63(59)73-27-11-15-43-83-73)31-37-77(67)86(76)56-34-40-80-70(50-56)71-51-57(35-41-81(71)88-80)87-78-38-32-54(60-20-5-8-24-64(60)74-28-12-16-44-84-74)48-68(78)69-49-55(33-39-79(69)87)61-21-6-9-25-65(61)75-29-13-17-45-85-75/h1,3-51H. The third kappa shape index (κ3) is 8.53. The third-order valence-corrected chi connectivity index (χ3v) is 17.2. The Labute approximate surface area is 506 Å². The summed E-state index contributed by atoms with van der Waals surface area (Å²) in [6.45, 7) is 0. The molecular formula is C81H50N6O. The van der Waals surface area contributed by atoms with E-state index >= 15 is 0 Å². The number of aromatic nitrogens is 6. The van der Waals surface area contributed by atoms with Crippen LogP contribution < -0.4 is 0 Å². The Bertz CT molecular complexity index is 5450. The zero-order valence-corrected chi connectivity index (χ0v) is 47.5. The monoisotopic (exact) mass is 1120 g/mol. The minimum absolute atomic E-state index is 0.817. The van der Waals surface area contributed by atoms with Gasteiger partial charge in [0.15, 0.2) is 0 Å². The molecule has 9 aromatic carbocycles. The van der Waals surface area contributed by atoms with Gasteiger partial charge in [0, 0.05) is 90.7 Å². The van der Waals surface area contributed by atoms with Crippen LogP contribution in [0.5, 0.6) is 0 Å². The molecule has 410 valence electrons. The van der Waals surface area contributed by atoms with Crippen LogP contribution in [0.1, 0.15) is 11.3 Å². The van der Waals surface area contributed by atoms with Gasteiger partial charge in [-0.25, -0.2) is 0 Å². The zero-order chi connectivity index (χ0) is 58.1. The van der Waals surface area contributed by atoms with E-state index in [1.54, 1.807) is 0 Å². The summed E-state index contributed by atoms with van der Waals surface area (Å²) in [5.41, 5.74) is 28.3. The molecule has 0 bridgehead atoms. The van der Waals surface area contributed by atoms with Crippen molar-refractivity contribution < 1.29 is 4.42 Å². The molecule has 0 saturated carbocycles. The summed E-state index contributed by atoms with van der Waals surface area (Å²) in [6, 6.07) is 90.8. The van der Waals surface area contributed by atoms with Gasteiger partial charge in [-0.3, -0.25) is 19.9 Å². The van der Waals surface area contributed by atoms with E-state index in [4.69, 9.17) is 24.4 Å². The lowest BCUT2D eigenvalue weighted by Crippen LogP contribution is -1.95. The first-order valence-corrected chi connectivity index (χ1v) is 29.6. The minimum atomic E-state index is 0.817. The van der Waals surface area contributed by atoms with E-state index in [2.05, 4.69) is 233 Å². The molecule has 7 heteroatoms. The first-order chi connectivity index (χ1) is 43.6. The van der Waals surface area contributed by atoms with Crippen molar-refractivity contribution in [2.24, 2.45) is 0 Å². The second-order valence-corrected chi connectivity index (χ2v) is 22.2. The van der Waals surface area contributed by atoms with Crippen LogP contribution in [0.2, 0.25) is 0 Å². The Kier molecular flexibility index (Phi) is 12.0. The van der Waals surface area contributed by atoms with Crippen LogP contribution >= 0.6 is 0 Å². The van der Waals surface area contributed by atoms with Crippen molar-refractivity contribution in [3.8, 4) is 78.5 Å². The predicted octanol–water partition coefficient (Wildman–Crippen LogP) is 20.6. The molecule has 17 rings (SSSR count). The summed E-state index contributed by atoms with van der Waals surface area (Å²) in [5.74, 6) is 0. The molecule has 88 heavy (non-hydrogen) atoms. The van der Waals surface area contributed by atoms with Gasteiger partial charge in [0.05, 0.1) is 44.8 Å². The molecule has 7 nitrogen and oxygen atoms in total. The van der Waals surface area contributed by atoms with Gasteiger partial charge in [-0.15, -0.1) is 5.73 Å². The van der Waals surface area contributed by atoms with Gasteiger partial charge in [-0.05, 0) is 190 Å². The average Bonchev–Trinajstić information content (AvgIpc) is 1.89. The molecule has 0 atom stereocenters. The molecule has 0 saturated heterocycles. The van der Waals surface area contributed by atoms with E-state index in [-0.39, 0.29) is 0 Å². The van der Waals surface area contributed by atoms with Crippen molar-refractivity contribution in [3.63, 3.8) is 0 Å². The van der Waals surface area contributed by atoms with Crippen LogP contribution in [-0.4, -0.2) is 29.1 Å². The molecule has 0 N–H and O–H groups in total. The number of nitrogens with zero attached hydrogens (tertiary/aromatic N) is 6. The van der Waals surface area contributed by atoms with Crippen LogP contribution in [0.4, 0.5) is 0 Å². The number of rotatable bonds is 10. The summed E-state index contributed by atoms with van der Waals surface area (Å²) in [7, 11) is 0. The lowest BCUT2D eigenvalue weighted by molar-refractivity contribution is 0.669. The fourth-order valence-electron chi connectivity index (χ4n) is 13.2. The van der Waals surface area contributed by atoms with Crippen molar-refractivity contribution in [1.29, 1.82) is 0 Å². The van der Waals surface area contributed by atoms with Crippen molar-refractivity contribution in [2.45, 2.75) is 0 Å². The Morgan fingerprint density at radius 3 is 1.06 bits per heavy atom. The number of pyridine rings is 4. The van der Waals surface area contributed by atoms with E-state index < -0.39 is 0 Å². The van der Waals surface area contributed by atoms with Crippen LogP contribution in [0.3, 0.4) is 0 Å². The van der Waals surface area contributed by atoms with Gasteiger partial charge in [0.25, 0.3) is 0 Å². The maximum Gasteiger partial charge on any atom is 0.135 e. The highest BCUT2D eigenvalue weighted by Crippen LogP contribution is 2.44. The molecule has 7 heterocycles. The van der Waals surface area contributed by atoms with Crippen LogP contribution in [0, 0.1) is 0 Å². The molecular weight excluding hydrogens is 1070 g/mol. The van der Waals surface area contributed by atoms with E-state index in [0.29, 0.717) is 0 Å². The molecule has 0 amide bonds. The summed E-state index contributed by atoms with van der Waals surface area (Å²) >= 11 is 0. The molecule has 1 aliphatic carbocycles. The Morgan fingerprint density at radius 1 is 0.295 bits per heavy atom. The molecule has 7 aromatic heterocycles. The quantitative estimate of drug-likeness (QED) is 0.128. The van der Waals surface area contributed by atoms with E-state index in [1.807, 2.05) is 85.5 Å². The minimum Gasteiger partial charge on any atom is -0.456 e. The van der Waals surface area contributed by atoms with Gasteiger partial charge in [-0.1, -0.05) is 133 Å². The predicted molar refractivity (Wildman–Crippen MR) is 361 cm³/mol. The maximum absolute atomic E-state index is 6.76. The van der Waals surface area contributed by atoms with Gasteiger partial charge in [0.1, 0.15) is 11.2 Å². The number of fused-ring (bicyclic) bond motifs is 9. The molecule has 1 aliphatic rings. The average molecular weight is 1120 g/mol. The van der Waals surface area contributed by atoms with Gasteiger partial charge in [-0.2, -0.15) is 0 Å². The summed E-state index contributed by atoms with van der Waals surface area (Å²) in [4.78, 5) is 19.2. The number of hydrogen-bond donors (Lipinski definition) is 0. The van der Waals surface area contributed by atoms with Crippen LogP contribution in [-0.2, 0) is 0 Å². The molecule has 0 unspecified atom stereocenters. The summed E-state index contributed by atoms with van der Waals surface area (Å²) < 4.78 is 11.6. The number of benzene rings is 9. The van der Waals surface area contributed by atoms with Gasteiger partial charge < -0.3 is 13.6 Å². The summed E-state index contributed by atoms with van der Waals surface area (Å²) in [6.07, 6.45) is 15.6. The number of allylic oxidation sites excluding steroid dienone is 5. The molecule has 16 aromatic rings. The highest BCUT2D eigenvalue weighted by atomic mass is 16.3. The number of hydrogen-bond acceptors (Lipinski definition) is 5. The molecule has 0 radical (unpaired) electrons. The second kappa shape index (κ2) is 20.9. The highest BCUT2D eigenvalue weighted by Gasteiger charge is 2.22. The van der Waals surface area contributed by atoms with E-state index in [1.165, 1.54) is 0 Å². The fourth-order valence-corrected chi connectivity index (χ4v) is 13.2. The largest absolute Gasteiger partial charge is 0.456 e.